The van der Waals surface area contributed by atoms with Crippen LogP contribution in [0, 0.1) is 5.92 Å². The molecule has 0 spiro atoms. The Kier molecular flexibility index (Phi) is 5.34. The summed E-state index contributed by atoms with van der Waals surface area (Å²) in [4.78, 5) is 22.8. The second-order valence-corrected chi connectivity index (χ2v) is 5.45. The maximum Gasteiger partial charge on any atom is 0.314 e. The molecule has 0 saturated heterocycles. The Morgan fingerprint density at radius 3 is 1.95 bits per heavy atom. The van der Waals surface area contributed by atoms with E-state index >= 15 is 0 Å². The van der Waals surface area contributed by atoms with Crippen LogP contribution in [0.5, 0.6) is 5.75 Å². The fourth-order valence-corrected chi connectivity index (χ4v) is 2.02. The summed E-state index contributed by atoms with van der Waals surface area (Å²) in [5.41, 5.74) is 2.39. The van der Waals surface area contributed by atoms with Gasteiger partial charge >= 0.3 is 5.97 Å². The summed E-state index contributed by atoms with van der Waals surface area (Å²) >= 11 is 5.42. The molecule has 22 heavy (non-hydrogen) atoms. The van der Waals surface area contributed by atoms with Gasteiger partial charge in [0.15, 0.2) is 0 Å². The van der Waals surface area contributed by atoms with Crippen LogP contribution >= 0.6 is 11.6 Å². The molecule has 2 aromatic rings. The van der Waals surface area contributed by atoms with Crippen molar-refractivity contribution in [1.82, 2.24) is 0 Å². The molecule has 1 unspecified atom stereocenters. The summed E-state index contributed by atoms with van der Waals surface area (Å²) < 4.78 is 5.31. The lowest BCUT2D eigenvalue weighted by Gasteiger charge is -2.09. The third-order valence-electron chi connectivity index (χ3n) is 3.53. The number of carbonyl (C=O) groups excluding carboxylic acids is 2. The molecule has 0 aliphatic rings. The molecular formula is C18H17ClO3. The van der Waals surface area contributed by atoms with Gasteiger partial charge in [-0.05, 0) is 53.4 Å². The van der Waals surface area contributed by atoms with Crippen molar-refractivity contribution in [2.24, 2.45) is 5.92 Å². The van der Waals surface area contributed by atoms with Crippen molar-refractivity contribution in [3.63, 3.8) is 0 Å². The molecule has 0 aliphatic carbocycles. The SMILES string of the molecule is CCC(C)C(=O)Oc1ccc(-c2ccc(C(=O)Cl)cc2)cc1. The van der Waals surface area contributed by atoms with Gasteiger partial charge in [0.05, 0.1) is 5.92 Å². The van der Waals surface area contributed by atoms with Gasteiger partial charge in [-0.3, -0.25) is 9.59 Å². The first-order chi connectivity index (χ1) is 10.5. The summed E-state index contributed by atoms with van der Waals surface area (Å²) in [6, 6.07) is 14.3. The van der Waals surface area contributed by atoms with E-state index in [1.165, 1.54) is 0 Å². The number of rotatable bonds is 5. The molecule has 2 aromatic carbocycles. The molecule has 0 heterocycles. The van der Waals surface area contributed by atoms with Crippen LogP contribution in [-0.4, -0.2) is 11.2 Å². The second kappa shape index (κ2) is 7.23. The quantitative estimate of drug-likeness (QED) is 0.457. The van der Waals surface area contributed by atoms with Gasteiger partial charge in [0.1, 0.15) is 5.75 Å². The highest BCUT2D eigenvalue weighted by Gasteiger charge is 2.13. The molecule has 0 aliphatic heterocycles. The summed E-state index contributed by atoms with van der Waals surface area (Å²) in [5, 5.41) is -0.473. The van der Waals surface area contributed by atoms with E-state index in [1.54, 1.807) is 24.3 Å². The van der Waals surface area contributed by atoms with Crippen LogP contribution in [-0.2, 0) is 4.79 Å². The van der Waals surface area contributed by atoms with Crippen molar-refractivity contribution in [3.8, 4) is 16.9 Å². The van der Waals surface area contributed by atoms with Crippen LogP contribution in [0.3, 0.4) is 0 Å². The number of benzene rings is 2. The molecule has 0 N–H and O–H groups in total. The Balaban J connectivity index is 2.11. The third kappa shape index (κ3) is 3.95. The van der Waals surface area contributed by atoms with Gasteiger partial charge in [0.25, 0.3) is 5.24 Å². The van der Waals surface area contributed by atoms with Crippen molar-refractivity contribution in [1.29, 1.82) is 0 Å². The van der Waals surface area contributed by atoms with Crippen molar-refractivity contribution in [2.45, 2.75) is 20.3 Å². The zero-order chi connectivity index (χ0) is 16.1. The zero-order valence-corrected chi connectivity index (χ0v) is 13.3. The first-order valence-corrected chi connectivity index (χ1v) is 7.51. The molecule has 0 fully saturated rings. The van der Waals surface area contributed by atoms with E-state index in [4.69, 9.17) is 16.3 Å². The number of ether oxygens (including phenoxy) is 1. The number of hydrogen-bond acceptors (Lipinski definition) is 3. The van der Waals surface area contributed by atoms with Gasteiger partial charge in [-0.2, -0.15) is 0 Å². The zero-order valence-electron chi connectivity index (χ0n) is 12.5. The molecule has 4 heteroatoms. The standard InChI is InChI=1S/C18H17ClO3/c1-3-12(2)18(21)22-16-10-8-14(9-11-16)13-4-6-15(7-5-13)17(19)20/h4-12H,3H2,1-2H3. The van der Waals surface area contributed by atoms with Crippen molar-refractivity contribution in [3.05, 3.63) is 54.1 Å². The highest BCUT2D eigenvalue weighted by Crippen LogP contribution is 2.23. The smallest absolute Gasteiger partial charge is 0.314 e. The van der Waals surface area contributed by atoms with Crippen LogP contribution in [0.15, 0.2) is 48.5 Å². The Morgan fingerprint density at radius 2 is 1.50 bits per heavy atom. The minimum Gasteiger partial charge on any atom is -0.426 e. The maximum absolute atomic E-state index is 11.7. The summed E-state index contributed by atoms with van der Waals surface area (Å²) in [7, 11) is 0. The van der Waals surface area contributed by atoms with E-state index in [2.05, 4.69) is 0 Å². The van der Waals surface area contributed by atoms with Gasteiger partial charge in [0.2, 0.25) is 0 Å². The van der Waals surface area contributed by atoms with Crippen LogP contribution in [0.4, 0.5) is 0 Å². The number of carbonyl (C=O) groups is 2. The first kappa shape index (κ1) is 16.2. The fourth-order valence-electron chi connectivity index (χ4n) is 1.89. The average molecular weight is 317 g/mol. The molecule has 2 rings (SSSR count). The minimum atomic E-state index is -0.473. The Hall–Kier alpha value is -2.13. The van der Waals surface area contributed by atoms with E-state index in [0.29, 0.717) is 11.3 Å². The van der Waals surface area contributed by atoms with Gasteiger partial charge in [-0.1, -0.05) is 38.1 Å². The average Bonchev–Trinajstić information content (AvgIpc) is 2.54. The lowest BCUT2D eigenvalue weighted by molar-refractivity contribution is -0.138. The lowest BCUT2D eigenvalue weighted by Crippen LogP contribution is -2.16. The predicted octanol–water partition coefficient (Wildman–Crippen LogP) is 4.68. The summed E-state index contributed by atoms with van der Waals surface area (Å²) in [5.74, 6) is 0.196. The molecule has 1 atom stereocenters. The summed E-state index contributed by atoms with van der Waals surface area (Å²) in [6.07, 6.45) is 0.753. The number of esters is 1. The Morgan fingerprint density at radius 1 is 1.00 bits per heavy atom. The van der Waals surface area contributed by atoms with Gasteiger partial charge in [0, 0.05) is 5.56 Å². The normalized spacial score (nSPS) is 11.8. The number of hydrogen-bond donors (Lipinski definition) is 0. The summed E-state index contributed by atoms with van der Waals surface area (Å²) in [6.45, 7) is 3.79. The highest BCUT2D eigenvalue weighted by molar-refractivity contribution is 6.67. The maximum atomic E-state index is 11.7. The third-order valence-corrected chi connectivity index (χ3v) is 3.75. The lowest BCUT2D eigenvalue weighted by atomic mass is 10.0. The monoisotopic (exact) mass is 316 g/mol. The van der Waals surface area contributed by atoms with E-state index in [1.807, 2.05) is 38.1 Å². The largest absolute Gasteiger partial charge is 0.426 e. The molecule has 0 radical (unpaired) electrons. The minimum absolute atomic E-state index is 0.111. The van der Waals surface area contributed by atoms with E-state index in [0.717, 1.165) is 17.5 Å². The van der Waals surface area contributed by atoms with E-state index < -0.39 is 5.24 Å². The Bertz CT molecular complexity index is 660. The highest BCUT2D eigenvalue weighted by atomic mass is 35.5. The number of halogens is 1. The van der Waals surface area contributed by atoms with Crippen LogP contribution < -0.4 is 4.74 Å². The molecule has 0 saturated carbocycles. The van der Waals surface area contributed by atoms with Crippen molar-refractivity contribution in [2.75, 3.05) is 0 Å². The van der Waals surface area contributed by atoms with Gasteiger partial charge < -0.3 is 4.74 Å². The van der Waals surface area contributed by atoms with E-state index in [-0.39, 0.29) is 11.9 Å². The second-order valence-electron chi connectivity index (χ2n) is 5.11. The van der Waals surface area contributed by atoms with E-state index in [9.17, 15) is 9.59 Å². The molecule has 0 aromatic heterocycles. The van der Waals surface area contributed by atoms with Crippen LogP contribution in [0.1, 0.15) is 30.6 Å². The van der Waals surface area contributed by atoms with Crippen LogP contribution in [0.25, 0.3) is 11.1 Å². The Labute approximate surface area is 134 Å². The van der Waals surface area contributed by atoms with Gasteiger partial charge in [-0.15, -0.1) is 0 Å². The van der Waals surface area contributed by atoms with Gasteiger partial charge in [-0.25, -0.2) is 0 Å². The molecule has 0 bridgehead atoms. The molecule has 3 nitrogen and oxygen atoms in total. The predicted molar refractivity (Wildman–Crippen MR) is 87.2 cm³/mol. The topological polar surface area (TPSA) is 43.4 Å². The molecule has 114 valence electrons. The molecular weight excluding hydrogens is 300 g/mol. The first-order valence-electron chi connectivity index (χ1n) is 7.13. The van der Waals surface area contributed by atoms with Crippen LogP contribution in [0.2, 0.25) is 0 Å². The van der Waals surface area contributed by atoms with Crippen molar-refractivity contribution >= 4 is 22.8 Å². The fraction of sp³-hybridized carbons (Fsp3) is 0.222. The van der Waals surface area contributed by atoms with Crippen molar-refractivity contribution < 1.29 is 14.3 Å². The molecule has 0 amide bonds.